The van der Waals surface area contributed by atoms with Gasteiger partial charge in [-0.3, -0.25) is 14.5 Å². The molecule has 2 N–H and O–H groups in total. The minimum atomic E-state index is -0.466. The van der Waals surface area contributed by atoms with E-state index in [0.29, 0.717) is 11.4 Å². The molecule has 4 amide bonds. The number of carbonyl (C=O) groups excluding carboxylic acids is 3. The molecule has 2 fully saturated rings. The second-order valence-corrected chi connectivity index (χ2v) is 6.96. The maximum absolute atomic E-state index is 12.7. The van der Waals surface area contributed by atoms with Crippen LogP contribution in [0.4, 0.5) is 10.5 Å². The fourth-order valence-electron chi connectivity index (χ4n) is 4.29. The number of hydrogen-bond acceptors (Lipinski definition) is 4. The van der Waals surface area contributed by atoms with Crippen molar-refractivity contribution >= 4 is 23.5 Å². The highest BCUT2D eigenvalue weighted by Crippen LogP contribution is 2.49. The number of methoxy groups -OCH3 is 1. The summed E-state index contributed by atoms with van der Waals surface area (Å²) in [7, 11) is 1.57. The van der Waals surface area contributed by atoms with Gasteiger partial charge in [-0.05, 0) is 48.9 Å². The normalized spacial score (nSPS) is 28.9. The van der Waals surface area contributed by atoms with Crippen molar-refractivity contribution in [1.29, 1.82) is 0 Å². The number of urea groups is 1. The quantitative estimate of drug-likeness (QED) is 0.638. The first-order valence-corrected chi connectivity index (χ1v) is 8.81. The molecule has 0 aromatic heterocycles. The molecular weight excluding hydrogens is 334 g/mol. The van der Waals surface area contributed by atoms with Gasteiger partial charge >= 0.3 is 6.03 Å². The van der Waals surface area contributed by atoms with Gasteiger partial charge in [0.2, 0.25) is 11.8 Å². The van der Waals surface area contributed by atoms with Crippen LogP contribution in [0.15, 0.2) is 36.4 Å². The van der Waals surface area contributed by atoms with E-state index >= 15 is 0 Å². The lowest BCUT2D eigenvalue weighted by Crippen LogP contribution is -2.43. The zero-order valence-electron chi connectivity index (χ0n) is 14.5. The average Bonchev–Trinajstić information content (AvgIpc) is 2.94. The van der Waals surface area contributed by atoms with Crippen LogP contribution in [0.5, 0.6) is 5.75 Å². The second-order valence-electron chi connectivity index (χ2n) is 6.96. The number of rotatable bonds is 4. The summed E-state index contributed by atoms with van der Waals surface area (Å²) >= 11 is 0. The SMILES string of the molecule is COc1ccc(NC(=O)NCN2C(=O)C3C4C=CC(CC4)C3C2=O)cc1. The molecule has 0 radical (unpaired) electrons. The predicted octanol–water partition coefficient (Wildman–Crippen LogP) is 1.97. The molecule has 2 bridgehead atoms. The van der Waals surface area contributed by atoms with E-state index in [9.17, 15) is 14.4 Å². The van der Waals surface area contributed by atoms with Crippen LogP contribution in [0.3, 0.4) is 0 Å². The van der Waals surface area contributed by atoms with Crippen molar-refractivity contribution in [3.05, 3.63) is 36.4 Å². The van der Waals surface area contributed by atoms with Crippen molar-refractivity contribution in [3.63, 3.8) is 0 Å². The van der Waals surface area contributed by atoms with Crippen LogP contribution in [-0.4, -0.2) is 36.5 Å². The topological polar surface area (TPSA) is 87.7 Å². The van der Waals surface area contributed by atoms with Gasteiger partial charge in [-0.1, -0.05) is 12.2 Å². The van der Waals surface area contributed by atoms with Crippen molar-refractivity contribution in [3.8, 4) is 5.75 Å². The Kier molecular flexibility index (Phi) is 4.14. The van der Waals surface area contributed by atoms with E-state index in [1.54, 1.807) is 31.4 Å². The number of fused-ring (bicyclic) bond motifs is 1. The molecule has 4 atom stereocenters. The second kappa shape index (κ2) is 6.48. The lowest BCUT2D eigenvalue weighted by atomic mass is 9.63. The monoisotopic (exact) mass is 355 g/mol. The third-order valence-corrected chi connectivity index (χ3v) is 5.60. The number of imide groups is 1. The van der Waals surface area contributed by atoms with Crippen LogP contribution in [0.25, 0.3) is 0 Å². The number of amides is 4. The van der Waals surface area contributed by atoms with Crippen molar-refractivity contribution in [2.24, 2.45) is 23.7 Å². The molecule has 5 rings (SSSR count). The van der Waals surface area contributed by atoms with Gasteiger partial charge in [0.05, 0.1) is 18.9 Å². The molecule has 1 aliphatic heterocycles. The highest BCUT2D eigenvalue weighted by atomic mass is 16.5. The molecule has 7 heteroatoms. The molecule has 26 heavy (non-hydrogen) atoms. The minimum Gasteiger partial charge on any atom is -0.497 e. The highest BCUT2D eigenvalue weighted by Gasteiger charge is 2.56. The minimum absolute atomic E-state index is 0.105. The Labute approximate surface area is 151 Å². The Morgan fingerprint density at radius 3 is 2.15 bits per heavy atom. The van der Waals surface area contributed by atoms with E-state index in [-0.39, 0.29) is 42.2 Å². The zero-order valence-corrected chi connectivity index (χ0v) is 14.5. The van der Waals surface area contributed by atoms with Crippen LogP contribution in [0.2, 0.25) is 0 Å². The summed E-state index contributed by atoms with van der Waals surface area (Å²) in [6.07, 6.45) is 6.07. The Morgan fingerprint density at radius 2 is 1.65 bits per heavy atom. The van der Waals surface area contributed by atoms with Crippen LogP contribution in [0.1, 0.15) is 12.8 Å². The molecule has 1 aromatic rings. The smallest absolute Gasteiger partial charge is 0.320 e. The van der Waals surface area contributed by atoms with E-state index < -0.39 is 6.03 Å². The lowest BCUT2D eigenvalue weighted by Gasteiger charge is -2.38. The fraction of sp³-hybridized carbons (Fsp3) is 0.421. The first-order chi connectivity index (χ1) is 12.6. The molecule has 4 aliphatic rings. The molecule has 136 valence electrons. The molecule has 1 heterocycles. The highest BCUT2D eigenvalue weighted by molar-refractivity contribution is 6.06. The van der Waals surface area contributed by atoms with Gasteiger partial charge in [0, 0.05) is 5.69 Å². The average molecular weight is 355 g/mol. The van der Waals surface area contributed by atoms with Gasteiger partial charge in [-0.2, -0.15) is 0 Å². The summed E-state index contributed by atoms with van der Waals surface area (Å²) in [4.78, 5) is 38.6. The number of nitrogens with zero attached hydrogens (tertiary/aromatic N) is 1. The third kappa shape index (κ3) is 2.73. The summed E-state index contributed by atoms with van der Waals surface area (Å²) in [5.74, 6) is 0.164. The Bertz CT molecular complexity index is 741. The van der Waals surface area contributed by atoms with Gasteiger partial charge < -0.3 is 15.4 Å². The third-order valence-electron chi connectivity index (χ3n) is 5.60. The van der Waals surface area contributed by atoms with Gasteiger partial charge in [-0.25, -0.2) is 4.79 Å². The maximum atomic E-state index is 12.7. The van der Waals surface area contributed by atoms with Crippen LogP contribution in [-0.2, 0) is 9.59 Å². The largest absolute Gasteiger partial charge is 0.497 e. The zero-order chi connectivity index (χ0) is 18.3. The first kappa shape index (κ1) is 16.6. The number of benzene rings is 1. The van der Waals surface area contributed by atoms with Gasteiger partial charge in [-0.15, -0.1) is 0 Å². The summed E-state index contributed by atoms with van der Waals surface area (Å²) in [6, 6.07) is 6.42. The molecule has 1 saturated carbocycles. The van der Waals surface area contributed by atoms with Crippen LogP contribution in [0, 0.1) is 23.7 Å². The molecule has 0 spiro atoms. The number of ether oxygens (including phenoxy) is 1. The van der Waals surface area contributed by atoms with E-state index in [1.165, 1.54) is 4.90 Å². The van der Waals surface area contributed by atoms with Crippen molar-refractivity contribution in [2.75, 3.05) is 19.1 Å². The molecule has 3 aliphatic carbocycles. The number of likely N-dealkylation sites (tertiary alicyclic amines) is 1. The van der Waals surface area contributed by atoms with E-state index in [4.69, 9.17) is 4.74 Å². The predicted molar refractivity (Wildman–Crippen MR) is 94.2 cm³/mol. The molecule has 1 aromatic carbocycles. The standard InChI is InChI=1S/C19H21N3O4/c1-26-14-8-6-13(7-9-14)21-19(25)20-10-22-17(23)15-11-2-3-12(5-4-11)16(15)18(22)24/h2-3,6-9,11-12,15-16H,4-5,10H2,1H3,(H2,20,21,25). The maximum Gasteiger partial charge on any atom is 0.320 e. The Balaban J connectivity index is 1.36. The van der Waals surface area contributed by atoms with Crippen LogP contribution < -0.4 is 15.4 Å². The van der Waals surface area contributed by atoms with Gasteiger partial charge in [0.25, 0.3) is 0 Å². The number of nitrogens with one attached hydrogen (secondary N) is 2. The van der Waals surface area contributed by atoms with Crippen molar-refractivity contribution in [2.45, 2.75) is 12.8 Å². The van der Waals surface area contributed by atoms with Gasteiger partial charge in [0.1, 0.15) is 12.4 Å². The van der Waals surface area contributed by atoms with E-state index in [0.717, 1.165) is 12.8 Å². The molecule has 1 saturated heterocycles. The summed E-state index contributed by atoms with van der Waals surface area (Å²) < 4.78 is 5.07. The molecular formula is C19H21N3O4. The Morgan fingerprint density at radius 1 is 1.08 bits per heavy atom. The Hall–Kier alpha value is -2.83. The van der Waals surface area contributed by atoms with Crippen molar-refractivity contribution < 1.29 is 19.1 Å². The number of carbonyl (C=O) groups is 3. The van der Waals surface area contributed by atoms with Crippen molar-refractivity contribution in [1.82, 2.24) is 10.2 Å². The summed E-state index contributed by atoms with van der Waals surface area (Å²) in [5.41, 5.74) is 0.596. The summed E-state index contributed by atoms with van der Waals surface area (Å²) in [5, 5.41) is 5.28. The molecule has 7 nitrogen and oxygen atoms in total. The first-order valence-electron chi connectivity index (χ1n) is 8.81. The lowest BCUT2D eigenvalue weighted by molar-refractivity contribution is -0.140. The fourth-order valence-corrected chi connectivity index (χ4v) is 4.29. The van der Waals surface area contributed by atoms with Crippen LogP contribution >= 0.6 is 0 Å². The number of anilines is 1. The van der Waals surface area contributed by atoms with Gasteiger partial charge in [0.15, 0.2) is 0 Å². The van der Waals surface area contributed by atoms with E-state index in [2.05, 4.69) is 22.8 Å². The number of hydrogen-bond donors (Lipinski definition) is 2. The summed E-state index contributed by atoms with van der Waals surface area (Å²) in [6.45, 7) is -0.105. The molecule has 4 unspecified atom stereocenters. The number of allylic oxidation sites excluding steroid dienone is 2. The van der Waals surface area contributed by atoms with E-state index in [1.807, 2.05) is 0 Å².